The third kappa shape index (κ3) is 8.94. The lowest BCUT2D eigenvalue weighted by Crippen LogP contribution is -2.24. The highest BCUT2D eigenvalue weighted by molar-refractivity contribution is 7.94. The molecule has 0 bridgehead atoms. The summed E-state index contributed by atoms with van der Waals surface area (Å²) in [5, 5.41) is 0. The van der Waals surface area contributed by atoms with Crippen LogP contribution in [0.5, 0.6) is 0 Å². The van der Waals surface area contributed by atoms with Crippen molar-refractivity contribution >= 4 is 17.8 Å². The summed E-state index contributed by atoms with van der Waals surface area (Å²) in [7, 11) is 0. The minimum Gasteiger partial charge on any atom is -0.495 e. The van der Waals surface area contributed by atoms with Gasteiger partial charge >= 0.3 is 0 Å². The highest BCUT2D eigenvalue weighted by Crippen LogP contribution is 2.32. The second kappa shape index (κ2) is 14.4. The number of ether oxygens (including phenoxy) is 2. The topological polar surface area (TPSA) is 44.8 Å². The molecule has 0 saturated carbocycles. The Labute approximate surface area is 194 Å². The van der Waals surface area contributed by atoms with Crippen molar-refractivity contribution in [3.8, 4) is 0 Å². The van der Waals surface area contributed by atoms with Crippen molar-refractivity contribution in [3.05, 3.63) is 23.0 Å². The maximum atomic E-state index is 13.4. The SMILES string of the molecule is CCOC1CCCCC(C(=O)C2=CC(CC)=C(OC(C)C)CC2)CCSOC(CC)C1. The number of ketones is 1. The number of carbonyl (C=O) groups excluding carboxylic acids is 1. The minimum atomic E-state index is 0.0954. The summed E-state index contributed by atoms with van der Waals surface area (Å²) in [6, 6.07) is 0. The Bertz CT molecular complexity index is 611. The highest BCUT2D eigenvalue weighted by Gasteiger charge is 2.26. The summed E-state index contributed by atoms with van der Waals surface area (Å²) in [5.41, 5.74) is 2.19. The summed E-state index contributed by atoms with van der Waals surface area (Å²) in [4.78, 5) is 13.4. The summed E-state index contributed by atoms with van der Waals surface area (Å²) in [5.74, 6) is 2.39. The summed E-state index contributed by atoms with van der Waals surface area (Å²) < 4.78 is 18.1. The molecule has 5 heteroatoms. The van der Waals surface area contributed by atoms with E-state index in [1.54, 1.807) is 12.0 Å². The number of rotatable bonds is 8. The van der Waals surface area contributed by atoms with Crippen LogP contribution in [0.4, 0.5) is 0 Å². The molecule has 0 radical (unpaired) electrons. The molecule has 4 nitrogen and oxygen atoms in total. The van der Waals surface area contributed by atoms with Crippen molar-refractivity contribution in [2.75, 3.05) is 12.4 Å². The van der Waals surface area contributed by atoms with Crippen LogP contribution in [0.3, 0.4) is 0 Å². The van der Waals surface area contributed by atoms with Crippen molar-refractivity contribution in [2.45, 2.75) is 117 Å². The number of allylic oxidation sites excluding steroid dienone is 4. The van der Waals surface area contributed by atoms with Gasteiger partial charge in [-0.2, -0.15) is 0 Å². The standard InChI is InChI=1S/C26H44O4S/c1-6-20-17-22(13-14-25(20)29-19(4)5)26(27)21-11-9-10-12-24(28-8-3)18-23(7-2)30-31-16-15-21/h17,19,21,23-24H,6-16,18H2,1-5H3. The van der Waals surface area contributed by atoms with Crippen molar-refractivity contribution in [1.82, 2.24) is 0 Å². The third-order valence-corrected chi connectivity index (χ3v) is 7.05. The molecule has 178 valence electrons. The van der Waals surface area contributed by atoms with Crippen LogP contribution in [0.2, 0.25) is 0 Å². The minimum absolute atomic E-state index is 0.0954. The molecular formula is C26H44O4S. The first-order valence-corrected chi connectivity index (χ1v) is 13.4. The molecular weight excluding hydrogens is 408 g/mol. The Kier molecular flexibility index (Phi) is 12.3. The average Bonchev–Trinajstić information content (AvgIpc) is 2.75. The number of hydrogen-bond donors (Lipinski definition) is 0. The molecule has 1 aliphatic heterocycles. The number of Topliss-reactive ketones (excluding diaryl/α,β-unsaturated/α-hetero) is 1. The molecule has 2 rings (SSSR count). The molecule has 3 unspecified atom stereocenters. The first-order chi connectivity index (χ1) is 15.0. The van der Waals surface area contributed by atoms with Gasteiger partial charge in [0.05, 0.1) is 24.1 Å². The summed E-state index contributed by atoms with van der Waals surface area (Å²) in [6.45, 7) is 11.3. The van der Waals surface area contributed by atoms with Gasteiger partial charge in [0.1, 0.15) is 0 Å². The molecule has 0 aromatic heterocycles. The van der Waals surface area contributed by atoms with Gasteiger partial charge in [0.2, 0.25) is 0 Å². The lowest BCUT2D eigenvalue weighted by atomic mass is 9.84. The predicted molar refractivity (Wildman–Crippen MR) is 130 cm³/mol. The molecule has 0 aromatic rings. The van der Waals surface area contributed by atoms with Gasteiger partial charge in [-0.3, -0.25) is 4.79 Å². The van der Waals surface area contributed by atoms with Crippen LogP contribution in [0.15, 0.2) is 23.0 Å². The fourth-order valence-corrected chi connectivity index (χ4v) is 5.41. The monoisotopic (exact) mass is 452 g/mol. The van der Waals surface area contributed by atoms with Crippen molar-refractivity contribution in [1.29, 1.82) is 0 Å². The van der Waals surface area contributed by atoms with E-state index in [-0.39, 0.29) is 24.2 Å². The zero-order valence-corrected chi connectivity index (χ0v) is 21.2. The summed E-state index contributed by atoms with van der Waals surface area (Å²) >= 11 is 1.54. The zero-order chi connectivity index (χ0) is 22.6. The molecule has 0 amide bonds. The van der Waals surface area contributed by atoms with Gasteiger partial charge in [-0.1, -0.05) is 26.7 Å². The van der Waals surface area contributed by atoms with Crippen LogP contribution < -0.4 is 0 Å². The van der Waals surface area contributed by atoms with Crippen molar-refractivity contribution < 1.29 is 18.5 Å². The maximum Gasteiger partial charge on any atom is 0.161 e. The van der Waals surface area contributed by atoms with Crippen molar-refractivity contribution in [2.24, 2.45) is 5.92 Å². The molecule has 1 heterocycles. The first kappa shape index (κ1) is 26.5. The molecule has 0 N–H and O–H groups in total. The van der Waals surface area contributed by atoms with Crippen LogP contribution in [0, 0.1) is 5.92 Å². The Hall–Kier alpha value is -0.780. The fourth-order valence-electron chi connectivity index (χ4n) is 4.52. The fraction of sp³-hybridized carbons (Fsp3) is 0.808. The largest absolute Gasteiger partial charge is 0.495 e. The van der Waals surface area contributed by atoms with Gasteiger partial charge in [0.15, 0.2) is 5.78 Å². The molecule has 0 spiro atoms. The second-order valence-corrected chi connectivity index (χ2v) is 9.87. The smallest absolute Gasteiger partial charge is 0.161 e. The van der Waals surface area contributed by atoms with E-state index in [1.807, 2.05) is 0 Å². The third-order valence-electron chi connectivity index (χ3n) is 6.24. The Morgan fingerprint density at radius 2 is 1.94 bits per heavy atom. The van der Waals surface area contributed by atoms with Crippen LogP contribution in [0.25, 0.3) is 0 Å². The number of hydrogen-bond acceptors (Lipinski definition) is 5. The Balaban J connectivity index is 2.06. The first-order valence-electron chi connectivity index (χ1n) is 12.5. The predicted octanol–water partition coefficient (Wildman–Crippen LogP) is 7.18. The lowest BCUT2D eigenvalue weighted by molar-refractivity contribution is -0.119. The molecule has 3 atom stereocenters. The van der Waals surface area contributed by atoms with E-state index in [0.717, 1.165) is 87.9 Å². The molecule has 1 saturated heterocycles. The highest BCUT2D eigenvalue weighted by atomic mass is 32.2. The quantitative estimate of drug-likeness (QED) is 0.365. The Morgan fingerprint density at radius 3 is 2.61 bits per heavy atom. The van der Waals surface area contributed by atoms with E-state index in [0.29, 0.717) is 5.78 Å². The maximum absolute atomic E-state index is 13.4. The van der Waals surface area contributed by atoms with Crippen LogP contribution >= 0.6 is 12.0 Å². The van der Waals surface area contributed by atoms with Gasteiger partial charge in [-0.15, -0.1) is 0 Å². The van der Waals surface area contributed by atoms with Gasteiger partial charge in [0, 0.05) is 31.1 Å². The van der Waals surface area contributed by atoms with E-state index < -0.39 is 0 Å². The van der Waals surface area contributed by atoms with Crippen LogP contribution in [-0.2, 0) is 18.5 Å². The van der Waals surface area contributed by atoms with E-state index in [9.17, 15) is 4.79 Å². The van der Waals surface area contributed by atoms with E-state index >= 15 is 0 Å². The van der Waals surface area contributed by atoms with E-state index in [4.69, 9.17) is 13.7 Å². The second-order valence-electron chi connectivity index (χ2n) is 9.03. The Morgan fingerprint density at radius 1 is 1.16 bits per heavy atom. The van der Waals surface area contributed by atoms with Crippen LogP contribution in [0.1, 0.15) is 98.8 Å². The van der Waals surface area contributed by atoms with Crippen molar-refractivity contribution in [3.63, 3.8) is 0 Å². The van der Waals surface area contributed by atoms with E-state index in [2.05, 4.69) is 40.7 Å². The normalized spacial score (nSPS) is 26.8. The molecule has 1 aliphatic carbocycles. The van der Waals surface area contributed by atoms with Crippen LogP contribution in [-0.4, -0.2) is 36.5 Å². The zero-order valence-electron chi connectivity index (χ0n) is 20.4. The summed E-state index contributed by atoms with van der Waals surface area (Å²) in [6.07, 6.45) is 12.4. The molecule has 31 heavy (non-hydrogen) atoms. The van der Waals surface area contributed by atoms with Gasteiger partial charge in [-0.25, -0.2) is 0 Å². The molecule has 2 aliphatic rings. The average molecular weight is 453 g/mol. The molecule has 0 aromatic carbocycles. The van der Waals surface area contributed by atoms with Gasteiger partial charge < -0.3 is 13.7 Å². The van der Waals surface area contributed by atoms with E-state index in [1.165, 1.54) is 5.57 Å². The number of carbonyl (C=O) groups is 1. The van der Waals surface area contributed by atoms with Gasteiger partial charge in [-0.05, 0) is 88.6 Å². The lowest BCUT2D eigenvalue weighted by Gasteiger charge is -2.26. The van der Waals surface area contributed by atoms with Gasteiger partial charge in [0.25, 0.3) is 0 Å². The molecule has 1 fully saturated rings.